The molecule has 6 nitrogen and oxygen atoms in total. The van der Waals surface area contributed by atoms with Crippen LogP contribution < -0.4 is 4.31 Å². The Labute approximate surface area is 133 Å². The number of nitrogens with zero attached hydrogens (tertiary/aromatic N) is 2. The van der Waals surface area contributed by atoms with E-state index in [4.69, 9.17) is 11.6 Å². The Hall–Kier alpha value is -2.12. The molecule has 22 heavy (non-hydrogen) atoms. The summed E-state index contributed by atoms with van der Waals surface area (Å²) in [5, 5.41) is 11.0. The summed E-state index contributed by atoms with van der Waals surface area (Å²) in [6, 6.07) is 11.4. The third-order valence-corrected chi connectivity index (χ3v) is 5.27. The molecule has 2 aromatic carbocycles. The molecule has 0 heterocycles. The topological polar surface area (TPSA) is 80.5 Å². The van der Waals surface area contributed by atoms with E-state index in [9.17, 15) is 18.5 Å². The molecule has 0 atom stereocenters. The van der Waals surface area contributed by atoms with Crippen molar-refractivity contribution in [2.75, 3.05) is 10.8 Å². The maximum Gasteiger partial charge on any atom is 0.269 e. The number of hydrogen-bond donors (Lipinski definition) is 0. The number of nitro groups is 1. The van der Waals surface area contributed by atoms with Gasteiger partial charge in [-0.25, -0.2) is 8.42 Å². The van der Waals surface area contributed by atoms with Gasteiger partial charge >= 0.3 is 0 Å². The van der Waals surface area contributed by atoms with Gasteiger partial charge in [0.05, 0.1) is 20.5 Å². The molecule has 2 rings (SSSR count). The highest BCUT2D eigenvalue weighted by molar-refractivity contribution is 7.92. The summed E-state index contributed by atoms with van der Waals surface area (Å²) in [5.41, 5.74) is 0.199. The zero-order valence-corrected chi connectivity index (χ0v) is 13.2. The van der Waals surface area contributed by atoms with E-state index in [2.05, 4.69) is 0 Å². The summed E-state index contributed by atoms with van der Waals surface area (Å²) in [5.74, 6) is 0. The van der Waals surface area contributed by atoms with Gasteiger partial charge < -0.3 is 0 Å². The third kappa shape index (κ3) is 3.05. The monoisotopic (exact) mass is 340 g/mol. The summed E-state index contributed by atoms with van der Waals surface area (Å²) >= 11 is 6.06. The van der Waals surface area contributed by atoms with E-state index in [0.717, 1.165) is 16.4 Å². The van der Waals surface area contributed by atoms with Gasteiger partial charge in [0.2, 0.25) is 0 Å². The molecule has 0 spiro atoms. The molecule has 116 valence electrons. The van der Waals surface area contributed by atoms with Gasteiger partial charge in [-0.2, -0.15) is 0 Å². The van der Waals surface area contributed by atoms with Crippen LogP contribution >= 0.6 is 11.6 Å². The number of hydrogen-bond acceptors (Lipinski definition) is 4. The number of non-ortho nitro benzene ring substituents is 1. The molecule has 0 unspecified atom stereocenters. The highest BCUT2D eigenvalue weighted by atomic mass is 35.5. The Morgan fingerprint density at radius 1 is 1.14 bits per heavy atom. The van der Waals surface area contributed by atoms with Crippen LogP contribution in [0.3, 0.4) is 0 Å². The Kier molecular flexibility index (Phi) is 4.68. The predicted octanol–water partition coefficient (Wildman–Crippen LogP) is 3.46. The normalized spacial score (nSPS) is 11.2. The maximum absolute atomic E-state index is 12.7. The lowest BCUT2D eigenvalue weighted by molar-refractivity contribution is -0.384. The summed E-state index contributed by atoms with van der Waals surface area (Å²) in [7, 11) is -3.84. The standard InChI is InChI=1S/C14H13ClN2O4S/c1-2-16(14-6-4-3-5-13(14)15)22(20,21)12-9-7-11(8-10-12)17(18)19/h3-10H,2H2,1H3. The van der Waals surface area contributed by atoms with Crippen LogP contribution in [0.2, 0.25) is 5.02 Å². The van der Waals surface area contributed by atoms with Crippen molar-refractivity contribution in [3.8, 4) is 0 Å². The molecule has 0 bridgehead atoms. The Morgan fingerprint density at radius 3 is 2.23 bits per heavy atom. The Bertz CT molecular complexity index is 791. The van der Waals surface area contributed by atoms with E-state index >= 15 is 0 Å². The first-order chi connectivity index (χ1) is 10.4. The van der Waals surface area contributed by atoms with Crippen LogP contribution in [0.1, 0.15) is 6.92 Å². The van der Waals surface area contributed by atoms with E-state index < -0.39 is 14.9 Å². The lowest BCUT2D eigenvalue weighted by atomic mass is 10.3. The lowest BCUT2D eigenvalue weighted by Crippen LogP contribution is -2.31. The van der Waals surface area contributed by atoms with Crippen LogP contribution in [-0.2, 0) is 10.0 Å². The fourth-order valence-electron chi connectivity index (χ4n) is 1.99. The molecule has 0 saturated heterocycles. The zero-order valence-electron chi connectivity index (χ0n) is 11.6. The molecule has 8 heteroatoms. The first-order valence-corrected chi connectivity index (χ1v) is 8.21. The van der Waals surface area contributed by atoms with Gasteiger partial charge in [-0.05, 0) is 31.2 Å². The molecule has 0 radical (unpaired) electrons. The van der Waals surface area contributed by atoms with Crippen LogP contribution in [0.25, 0.3) is 0 Å². The van der Waals surface area contributed by atoms with Crippen molar-refractivity contribution >= 4 is 33.0 Å². The number of rotatable bonds is 5. The number of halogens is 1. The number of anilines is 1. The van der Waals surface area contributed by atoms with Crippen molar-refractivity contribution in [3.63, 3.8) is 0 Å². The van der Waals surface area contributed by atoms with Crippen molar-refractivity contribution in [2.24, 2.45) is 0 Å². The van der Waals surface area contributed by atoms with E-state index in [1.54, 1.807) is 31.2 Å². The van der Waals surface area contributed by atoms with Crippen LogP contribution in [-0.4, -0.2) is 19.9 Å². The highest BCUT2D eigenvalue weighted by Gasteiger charge is 2.25. The molecule has 2 aromatic rings. The number of nitro benzene ring substituents is 1. The first-order valence-electron chi connectivity index (χ1n) is 6.39. The van der Waals surface area contributed by atoms with Gasteiger partial charge in [0, 0.05) is 18.7 Å². The number of para-hydroxylation sites is 1. The van der Waals surface area contributed by atoms with Crippen LogP contribution in [0.5, 0.6) is 0 Å². The SMILES string of the molecule is CCN(c1ccccc1Cl)S(=O)(=O)c1ccc([N+](=O)[O-])cc1. The van der Waals surface area contributed by atoms with E-state index in [0.29, 0.717) is 10.7 Å². The molecular formula is C14H13ClN2O4S. The largest absolute Gasteiger partial charge is 0.269 e. The summed E-state index contributed by atoms with van der Waals surface area (Å²) in [6.07, 6.45) is 0. The minimum absolute atomic E-state index is 0.0279. The van der Waals surface area contributed by atoms with Crippen molar-refractivity contribution in [1.82, 2.24) is 0 Å². The second kappa shape index (κ2) is 6.33. The molecule has 0 saturated carbocycles. The first kappa shape index (κ1) is 16.3. The second-order valence-corrected chi connectivity index (χ2v) is 6.64. The molecule has 0 aliphatic rings. The van der Waals surface area contributed by atoms with E-state index in [1.807, 2.05) is 0 Å². The van der Waals surface area contributed by atoms with Crippen molar-refractivity contribution in [1.29, 1.82) is 0 Å². The molecule has 0 aliphatic carbocycles. The van der Waals surface area contributed by atoms with Gasteiger partial charge in [0.15, 0.2) is 0 Å². The summed E-state index contributed by atoms with van der Waals surface area (Å²) < 4.78 is 26.6. The van der Waals surface area contributed by atoms with Crippen LogP contribution in [0.4, 0.5) is 11.4 Å². The Morgan fingerprint density at radius 2 is 1.73 bits per heavy atom. The smallest absolute Gasteiger partial charge is 0.265 e. The fourth-order valence-corrected chi connectivity index (χ4v) is 3.77. The van der Waals surface area contributed by atoms with Crippen molar-refractivity contribution in [2.45, 2.75) is 11.8 Å². The molecule has 0 amide bonds. The molecular weight excluding hydrogens is 328 g/mol. The van der Waals surface area contributed by atoms with Gasteiger partial charge in [0.25, 0.3) is 15.7 Å². The summed E-state index contributed by atoms with van der Waals surface area (Å²) in [6.45, 7) is 1.87. The van der Waals surface area contributed by atoms with E-state index in [1.165, 1.54) is 12.1 Å². The lowest BCUT2D eigenvalue weighted by Gasteiger charge is -2.23. The van der Waals surface area contributed by atoms with Gasteiger partial charge in [0.1, 0.15) is 0 Å². The minimum Gasteiger partial charge on any atom is -0.265 e. The van der Waals surface area contributed by atoms with Crippen LogP contribution in [0, 0.1) is 10.1 Å². The molecule has 0 N–H and O–H groups in total. The Balaban J connectivity index is 2.47. The maximum atomic E-state index is 12.7. The predicted molar refractivity (Wildman–Crippen MR) is 84.8 cm³/mol. The van der Waals surface area contributed by atoms with Crippen LogP contribution in [0.15, 0.2) is 53.4 Å². The second-order valence-electron chi connectivity index (χ2n) is 4.37. The van der Waals surface area contributed by atoms with Gasteiger partial charge in [-0.1, -0.05) is 23.7 Å². The van der Waals surface area contributed by atoms with Crippen molar-refractivity contribution in [3.05, 3.63) is 63.7 Å². The zero-order chi connectivity index (χ0) is 16.3. The third-order valence-electron chi connectivity index (χ3n) is 3.04. The average Bonchev–Trinajstić information content (AvgIpc) is 2.50. The quantitative estimate of drug-likeness (QED) is 0.616. The highest BCUT2D eigenvalue weighted by Crippen LogP contribution is 2.30. The van der Waals surface area contributed by atoms with Crippen molar-refractivity contribution < 1.29 is 13.3 Å². The summed E-state index contributed by atoms with van der Waals surface area (Å²) in [4.78, 5) is 10.0. The molecule has 0 fully saturated rings. The average molecular weight is 341 g/mol. The molecule has 0 aliphatic heterocycles. The molecule has 0 aromatic heterocycles. The van der Waals surface area contributed by atoms with Gasteiger partial charge in [-0.3, -0.25) is 14.4 Å². The fraction of sp³-hybridized carbons (Fsp3) is 0.143. The van der Waals surface area contributed by atoms with Gasteiger partial charge in [-0.15, -0.1) is 0 Å². The number of sulfonamides is 1. The minimum atomic E-state index is -3.84. The van der Waals surface area contributed by atoms with E-state index in [-0.39, 0.29) is 17.1 Å². The number of benzene rings is 2.